The number of benzene rings is 7. The van der Waals surface area contributed by atoms with Gasteiger partial charge in [-0.1, -0.05) is 127 Å². The van der Waals surface area contributed by atoms with Crippen molar-refractivity contribution < 1.29 is 0 Å². The third kappa shape index (κ3) is 5.81. The Morgan fingerprint density at radius 1 is 0.333 bits per heavy atom. The Hall–Kier alpha value is -6.45. The molecule has 8 rings (SSSR count). The Balaban J connectivity index is 1.09. The molecule has 228 valence electrons. The van der Waals surface area contributed by atoms with Gasteiger partial charge in [-0.25, -0.2) is 5.01 Å². The molecule has 0 saturated heterocycles. The molecular formula is C45H33N3. The molecule has 7 aromatic carbocycles. The highest BCUT2D eigenvalue weighted by Gasteiger charge is 2.22. The summed E-state index contributed by atoms with van der Waals surface area (Å²) in [7, 11) is 0. The average Bonchev–Trinajstić information content (AvgIpc) is 3.47. The van der Waals surface area contributed by atoms with Gasteiger partial charge in [0.2, 0.25) is 0 Å². The maximum absolute atomic E-state index is 4.89. The first kappa shape index (κ1) is 29.0. The molecule has 0 N–H and O–H groups in total. The molecule has 7 aromatic rings. The molecule has 0 heterocycles. The van der Waals surface area contributed by atoms with Crippen molar-refractivity contribution >= 4 is 46.3 Å². The largest absolute Gasteiger partial charge is 0.311 e. The van der Waals surface area contributed by atoms with Crippen LogP contribution in [0.2, 0.25) is 0 Å². The minimum atomic E-state index is 1.01. The van der Waals surface area contributed by atoms with Crippen molar-refractivity contribution in [3.05, 3.63) is 210 Å². The number of hydrogen-bond acceptors (Lipinski definition) is 3. The van der Waals surface area contributed by atoms with Gasteiger partial charge in [-0.05, 0) is 106 Å². The molecule has 48 heavy (non-hydrogen) atoms. The van der Waals surface area contributed by atoms with Crippen LogP contribution in [0.15, 0.2) is 193 Å². The van der Waals surface area contributed by atoms with Gasteiger partial charge in [-0.15, -0.1) is 0 Å². The second kappa shape index (κ2) is 13.1. The van der Waals surface area contributed by atoms with E-state index in [2.05, 4.69) is 163 Å². The maximum Gasteiger partial charge on any atom is 0.0652 e. The predicted octanol–water partition coefficient (Wildman–Crippen LogP) is 11.9. The standard InChI is InChI=1S/C45H33N3/c1-4-14-36(15-5-1)47(37-28-24-34(25-29-37)32-45-43-22-12-10-20-41(43)42-21-11-13-23-44(42)45)38-30-26-35(27-31-38)33-46-48(39-16-6-2-7-17-39)40-18-8-3-9-19-40/h1-33H/b46-33+. The Kier molecular flexibility index (Phi) is 7.92. The molecule has 1 aliphatic carbocycles. The highest BCUT2D eigenvalue weighted by molar-refractivity contribution is 6.06. The summed E-state index contributed by atoms with van der Waals surface area (Å²) in [6.45, 7) is 0. The van der Waals surface area contributed by atoms with Gasteiger partial charge in [0, 0.05) is 17.1 Å². The zero-order valence-electron chi connectivity index (χ0n) is 26.4. The lowest BCUT2D eigenvalue weighted by atomic mass is 10.0. The fourth-order valence-corrected chi connectivity index (χ4v) is 6.37. The lowest BCUT2D eigenvalue weighted by Gasteiger charge is -2.25. The van der Waals surface area contributed by atoms with Gasteiger partial charge in [-0.3, -0.25) is 0 Å². The Bertz CT molecular complexity index is 2120. The average molecular weight is 616 g/mol. The van der Waals surface area contributed by atoms with Crippen molar-refractivity contribution in [2.75, 3.05) is 9.91 Å². The molecule has 0 fully saturated rings. The van der Waals surface area contributed by atoms with E-state index in [-0.39, 0.29) is 0 Å². The van der Waals surface area contributed by atoms with Crippen LogP contribution in [-0.4, -0.2) is 6.21 Å². The van der Waals surface area contributed by atoms with E-state index in [9.17, 15) is 0 Å². The van der Waals surface area contributed by atoms with E-state index in [1.807, 2.05) is 47.6 Å². The monoisotopic (exact) mass is 615 g/mol. The number of anilines is 5. The molecular weight excluding hydrogens is 583 g/mol. The number of hydrogen-bond donors (Lipinski definition) is 0. The van der Waals surface area contributed by atoms with Crippen LogP contribution in [0.4, 0.5) is 28.4 Å². The van der Waals surface area contributed by atoms with Crippen LogP contribution in [0.3, 0.4) is 0 Å². The SMILES string of the molecule is C(=C1c2ccccc2-c2ccccc21)c1ccc(N(c2ccccc2)c2ccc(/C=N/N(c3ccccc3)c3ccccc3)cc2)cc1. The molecule has 0 spiro atoms. The van der Waals surface area contributed by atoms with Crippen molar-refractivity contribution in [3.63, 3.8) is 0 Å². The van der Waals surface area contributed by atoms with Crippen LogP contribution < -0.4 is 9.91 Å². The summed E-state index contributed by atoms with van der Waals surface area (Å²) in [5, 5.41) is 6.86. The highest BCUT2D eigenvalue weighted by atomic mass is 15.5. The van der Waals surface area contributed by atoms with E-state index in [4.69, 9.17) is 5.10 Å². The summed E-state index contributed by atoms with van der Waals surface area (Å²) in [5.41, 5.74) is 13.9. The molecule has 0 bridgehead atoms. The van der Waals surface area contributed by atoms with Gasteiger partial charge in [0.05, 0.1) is 17.6 Å². The van der Waals surface area contributed by atoms with Crippen LogP contribution in [0.25, 0.3) is 22.8 Å². The molecule has 0 amide bonds. The molecule has 0 aromatic heterocycles. The van der Waals surface area contributed by atoms with Crippen molar-refractivity contribution in [2.24, 2.45) is 5.10 Å². The maximum atomic E-state index is 4.89. The van der Waals surface area contributed by atoms with Gasteiger partial charge in [0.15, 0.2) is 0 Å². The zero-order chi connectivity index (χ0) is 32.1. The van der Waals surface area contributed by atoms with Crippen LogP contribution in [0, 0.1) is 0 Å². The summed E-state index contributed by atoms with van der Waals surface area (Å²) in [5.74, 6) is 0. The van der Waals surface area contributed by atoms with Gasteiger partial charge >= 0.3 is 0 Å². The lowest BCUT2D eigenvalue weighted by molar-refractivity contribution is 1.09. The first-order valence-corrected chi connectivity index (χ1v) is 16.2. The Labute approximate surface area is 282 Å². The fourth-order valence-electron chi connectivity index (χ4n) is 6.37. The fraction of sp³-hybridized carbons (Fsp3) is 0. The molecule has 0 unspecified atom stereocenters. The van der Waals surface area contributed by atoms with Crippen LogP contribution >= 0.6 is 0 Å². The van der Waals surface area contributed by atoms with Gasteiger partial charge in [0.25, 0.3) is 0 Å². The first-order chi connectivity index (χ1) is 23.8. The first-order valence-electron chi connectivity index (χ1n) is 16.2. The van der Waals surface area contributed by atoms with E-state index in [0.29, 0.717) is 0 Å². The van der Waals surface area contributed by atoms with E-state index >= 15 is 0 Å². The van der Waals surface area contributed by atoms with Crippen LogP contribution in [0.1, 0.15) is 22.3 Å². The summed E-state index contributed by atoms with van der Waals surface area (Å²) in [6, 6.07) is 65.7. The van der Waals surface area contributed by atoms with Crippen molar-refractivity contribution in [2.45, 2.75) is 0 Å². The summed E-state index contributed by atoms with van der Waals surface area (Å²) >= 11 is 0. The Morgan fingerprint density at radius 3 is 1.19 bits per heavy atom. The van der Waals surface area contributed by atoms with Gasteiger partial charge in [0.1, 0.15) is 0 Å². The zero-order valence-corrected chi connectivity index (χ0v) is 26.4. The molecule has 3 heteroatoms. The summed E-state index contributed by atoms with van der Waals surface area (Å²) < 4.78 is 0. The molecule has 0 saturated carbocycles. The highest BCUT2D eigenvalue weighted by Crippen LogP contribution is 2.45. The van der Waals surface area contributed by atoms with Crippen molar-refractivity contribution in [1.29, 1.82) is 0 Å². The summed E-state index contributed by atoms with van der Waals surface area (Å²) in [4.78, 5) is 2.29. The van der Waals surface area contributed by atoms with Crippen LogP contribution in [0.5, 0.6) is 0 Å². The van der Waals surface area contributed by atoms with E-state index in [1.165, 1.54) is 33.4 Å². The molecule has 1 aliphatic rings. The van der Waals surface area contributed by atoms with Gasteiger partial charge < -0.3 is 4.90 Å². The third-order valence-electron chi connectivity index (χ3n) is 8.68. The number of nitrogens with zero attached hydrogens (tertiary/aromatic N) is 3. The smallest absolute Gasteiger partial charge is 0.0652 e. The number of fused-ring (bicyclic) bond motifs is 3. The third-order valence-corrected chi connectivity index (χ3v) is 8.68. The topological polar surface area (TPSA) is 18.8 Å². The minimum absolute atomic E-state index is 1.01. The second-order valence-corrected chi connectivity index (χ2v) is 11.7. The summed E-state index contributed by atoms with van der Waals surface area (Å²) in [6.07, 6.45) is 4.22. The normalized spacial score (nSPS) is 11.6. The van der Waals surface area contributed by atoms with E-state index in [1.54, 1.807) is 0 Å². The second-order valence-electron chi connectivity index (χ2n) is 11.7. The quantitative estimate of drug-likeness (QED) is 0.125. The van der Waals surface area contributed by atoms with E-state index in [0.717, 1.165) is 34.0 Å². The lowest BCUT2D eigenvalue weighted by Crippen LogP contribution is -2.10. The minimum Gasteiger partial charge on any atom is -0.311 e. The number of rotatable bonds is 8. The molecule has 0 atom stereocenters. The Morgan fingerprint density at radius 2 is 0.708 bits per heavy atom. The predicted molar refractivity (Wildman–Crippen MR) is 203 cm³/mol. The molecule has 0 aliphatic heterocycles. The van der Waals surface area contributed by atoms with Crippen molar-refractivity contribution in [3.8, 4) is 11.1 Å². The number of hydrazone groups is 1. The number of para-hydroxylation sites is 3. The van der Waals surface area contributed by atoms with Crippen LogP contribution in [-0.2, 0) is 0 Å². The molecule has 0 radical (unpaired) electrons. The van der Waals surface area contributed by atoms with Gasteiger partial charge in [-0.2, -0.15) is 5.10 Å². The molecule has 3 nitrogen and oxygen atoms in total. The van der Waals surface area contributed by atoms with Crippen molar-refractivity contribution in [1.82, 2.24) is 0 Å². The van der Waals surface area contributed by atoms with E-state index < -0.39 is 0 Å².